The minimum Gasteiger partial charge on any atom is -0.494 e. The summed E-state index contributed by atoms with van der Waals surface area (Å²) >= 11 is 0. The van der Waals surface area contributed by atoms with Gasteiger partial charge in [0.1, 0.15) is 5.56 Å². The van der Waals surface area contributed by atoms with Crippen LogP contribution in [0.2, 0.25) is 0 Å². The minimum atomic E-state index is -0.631. The summed E-state index contributed by atoms with van der Waals surface area (Å²) in [5, 5.41) is 10.5. The largest absolute Gasteiger partial charge is 0.494 e. The second-order valence-corrected chi connectivity index (χ2v) is 7.18. The van der Waals surface area contributed by atoms with Crippen LogP contribution in [0.15, 0.2) is 44.9 Å². The summed E-state index contributed by atoms with van der Waals surface area (Å²) < 4.78 is 1.16. The molecule has 0 aliphatic heterocycles. The fourth-order valence-corrected chi connectivity index (χ4v) is 3.54. The molecule has 0 amide bonds. The van der Waals surface area contributed by atoms with E-state index in [1.165, 1.54) is 12.6 Å². The maximum atomic E-state index is 12.2. The summed E-state index contributed by atoms with van der Waals surface area (Å²) in [6, 6.07) is 9.44. The van der Waals surface area contributed by atoms with Gasteiger partial charge in [0.2, 0.25) is 5.88 Å². The molecule has 1 aliphatic carbocycles. The number of benzene rings is 1. The predicted octanol–water partition coefficient (Wildman–Crippen LogP) is 2.53. The maximum Gasteiger partial charge on any atom is 0.331 e. The normalized spacial score (nSPS) is 23.4. The van der Waals surface area contributed by atoms with Gasteiger partial charge in [-0.25, -0.2) is 4.79 Å². The molecule has 6 heteroatoms. The third-order valence-electron chi connectivity index (χ3n) is 5.45. The van der Waals surface area contributed by atoms with Crippen molar-refractivity contribution in [3.63, 3.8) is 0 Å². The Hall–Kier alpha value is -2.63. The van der Waals surface area contributed by atoms with E-state index in [9.17, 15) is 14.7 Å². The van der Waals surface area contributed by atoms with E-state index in [0.717, 1.165) is 23.0 Å². The van der Waals surface area contributed by atoms with Crippen LogP contribution in [-0.2, 0) is 6.54 Å². The summed E-state index contributed by atoms with van der Waals surface area (Å²) in [6.07, 6.45) is 4.71. The highest BCUT2D eigenvalue weighted by Crippen LogP contribution is 2.31. The highest BCUT2D eigenvalue weighted by Gasteiger charge is 2.26. The average Bonchev–Trinajstić information content (AvgIpc) is 2.62. The summed E-state index contributed by atoms with van der Waals surface area (Å²) in [5.41, 5.74) is -0.356. The van der Waals surface area contributed by atoms with Crippen LogP contribution in [0.3, 0.4) is 0 Å². The number of aromatic hydroxyl groups is 1. The fourth-order valence-electron chi connectivity index (χ4n) is 3.54. The lowest BCUT2D eigenvalue weighted by atomic mass is 9.78. The Balaban J connectivity index is 1.92. The Morgan fingerprint density at radius 2 is 1.96 bits per heavy atom. The van der Waals surface area contributed by atoms with Gasteiger partial charge in [-0.1, -0.05) is 57.0 Å². The van der Waals surface area contributed by atoms with E-state index in [-0.39, 0.29) is 24.0 Å². The number of nitrogens with one attached hydrogen (secondary N) is 1. The first-order chi connectivity index (χ1) is 12.5. The number of aromatic amines is 1. The number of rotatable bonds is 4. The first-order valence-corrected chi connectivity index (χ1v) is 9.10. The van der Waals surface area contributed by atoms with Crippen LogP contribution in [0, 0.1) is 11.8 Å². The summed E-state index contributed by atoms with van der Waals surface area (Å²) in [4.78, 5) is 31.1. The summed E-state index contributed by atoms with van der Waals surface area (Å²) in [5.74, 6) is 0.670. The van der Waals surface area contributed by atoms with Crippen molar-refractivity contribution >= 4 is 6.21 Å². The molecule has 1 heterocycles. The molecule has 1 aromatic carbocycles. The van der Waals surface area contributed by atoms with Crippen molar-refractivity contribution in [1.29, 1.82) is 0 Å². The van der Waals surface area contributed by atoms with Crippen molar-refractivity contribution in [2.75, 3.05) is 0 Å². The number of hydrogen-bond acceptors (Lipinski definition) is 4. The van der Waals surface area contributed by atoms with Crippen LogP contribution >= 0.6 is 0 Å². The number of aromatic nitrogens is 2. The monoisotopic (exact) mass is 355 g/mol. The molecule has 1 saturated carbocycles. The Morgan fingerprint density at radius 3 is 2.69 bits per heavy atom. The van der Waals surface area contributed by atoms with Gasteiger partial charge in [0.25, 0.3) is 5.56 Å². The Bertz CT molecular complexity index is 899. The fraction of sp³-hybridized carbons (Fsp3) is 0.450. The van der Waals surface area contributed by atoms with Gasteiger partial charge < -0.3 is 5.11 Å². The second kappa shape index (κ2) is 7.72. The van der Waals surface area contributed by atoms with Crippen LogP contribution in [-0.4, -0.2) is 26.9 Å². The molecule has 0 spiro atoms. The number of nitrogens with zero attached hydrogens (tertiary/aromatic N) is 2. The lowest BCUT2D eigenvalue weighted by Crippen LogP contribution is -2.33. The number of hydrogen-bond donors (Lipinski definition) is 2. The average molecular weight is 355 g/mol. The standard InChI is InChI=1S/C20H25N3O3/c1-13-7-6-10-17(14(13)2)21-11-16-18(24)22-20(26)23(19(16)25)12-15-8-4-3-5-9-15/h3-5,8-9,11,13-14,17,25H,6-7,10,12H2,1-2H3,(H,22,24,26)/t13-,14+,17+/m0/s1. The quantitative estimate of drug-likeness (QED) is 0.826. The van der Waals surface area contributed by atoms with Gasteiger partial charge in [-0.3, -0.25) is 19.3 Å². The van der Waals surface area contributed by atoms with Crippen molar-refractivity contribution in [3.8, 4) is 5.88 Å². The zero-order valence-electron chi connectivity index (χ0n) is 15.2. The third kappa shape index (κ3) is 3.79. The molecule has 0 unspecified atom stereocenters. The Morgan fingerprint density at radius 1 is 1.23 bits per heavy atom. The van der Waals surface area contributed by atoms with Gasteiger partial charge in [-0.05, 0) is 23.8 Å². The topological polar surface area (TPSA) is 87.4 Å². The first-order valence-electron chi connectivity index (χ1n) is 9.10. The first kappa shape index (κ1) is 18.2. The van der Waals surface area contributed by atoms with Crippen molar-refractivity contribution in [1.82, 2.24) is 9.55 Å². The van der Waals surface area contributed by atoms with Crippen molar-refractivity contribution in [3.05, 3.63) is 62.3 Å². The zero-order chi connectivity index (χ0) is 18.7. The lowest BCUT2D eigenvalue weighted by molar-refractivity contribution is 0.242. The lowest BCUT2D eigenvalue weighted by Gasteiger charge is -2.31. The predicted molar refractivity (Wildman–Crippen MR) is 102 cm³/mol. The SMILES string of the molecule is C[C@@H]1[C@@H](C)CCC[C@H]1N=Cc1c(O)n(Cc2ccccc2)c(=O)[nH]c1=O. The molecular weight excluding hydrogens is 330 g/mol. The zero-order valence-corrected chi connectivity index (χ0v) is 15.2. The molecular formula is C20H25N3O3. The van der Waals surface area contributed by atoms with Crippen molar-refractivity contribution in [2.45, 2.75) is 45.7 Å². The minimum absolute atomic E-state index is 0.0333. The molecule has 1 aliphatic rings. The third-order valence-corrected chi connectivity index (χ3v) is 5.45. The summed E-state index contributed by atoms with van der Waals surface area (Å²) in [7, 11) is 0. The van der Waals surface area contributed by atoms with Gasteiger partial charge in [0, 0.05) is 6.21 Å². The van der Waals surface area contributed by atoms with E-state index >= 15 is 0 Å². The molecule has 0 bridgehead atoms. The van der Waals surface area contributed by atoms with Crippen LogP contribution < -0.4 is 11.2 Å². The van der Waals surface area contributed by atoms with Gasteiger partial charge in [-0.2, -0.15) is 0 Å². The van der Waals surface area contributed by atoms with E-state index in [1.54, 1.807) is 0 Å². The molecule has 2 aromatic rings. The summed E-state index contributed by atoms with van der Waals surface area (Å²) in [6.45, 7) is 4.57. The number of aliphatic imine (C=N–C) groups is 1. The van der Waals surface area contributed by atoms with E-state index in [0.29, 0.717) is 11.8 Å². The van der Waals surface area contributed by atoms with E-state index in [1.807, 2.05) is 30.3 Å². The Kier molecular flexibility index (Phi) is 5.40. The molecule has 0 radical (unpaired) electrons. The van der Waals surface area contributed by atoms with Crippen LogP contribution in [0.4, 0.5) is 0 Å². The highest BCUT2D eigenvalue weighted by molar-refractivity contribution is 5.82. The van der Waals surface area contributed by atoms with Crippen LogP contribution in [0.1, 0.15) is 44.2 Å². The number of H-pyrrole nitrogens is 1. The molecule has 2 N–H and O–H groups in total. The molecule has 6 nitrogen and oxygen atoms in total. The van der Waals surface area contributed by atoms with Gasteiger partial charge >= 0.3 is 5.69 Å². The van der Waals surface area contributed by atoms with Crippen molar-refractivity contribution < 1.29 is 5.11 Å². The van der Waals surface area contributed by atoms with Crippen LogP contribution in [0.5, 0.6) is 5.88 Å². The molecule has 26 heavy (non-hydrogen) atoms. The molecule has 3 rings (SSSR count). The van der Waals surface area contributed by atoms with Gasteiger partial charge in [0.05, 0.1) is 12.6 Å². The smallest absolute Gasteiger partial charge is 0.331 e. The second-order valence-electron chi connectivity index (χ2n) is 7.18. The van der Waals surface area contributed by atoms with Crippen LogP contribution in [0.25, 0.3) is 0 Å². The Labute approximate surface area is 152 Å². The van der Waals surface area contributed by atoms with E-state index < -0.39 is 11.2 Å². The molecule has 1 aromatic heterocycles. The van der Waals surface area contributed by atoms with E-state index in [4.69, 9.17) is 0 Å². The molecule has 138 valence electrons. The molecule has 0 saturated heterocycles. The molecule has 3 atom stereocenters. The van der Waals surface area contributed by atoms with Gasteiger partial charge in [0.15, 0.2) is 0 Å². The van der Waals surface area contributed by atoms with Crippen molar-refractivity contribution in [2.24, 2.45) is 16.8 Å². The highest BCUT2D eigenvalue weighted by atomic mass is 16.3. The maximum absolute atomic E-state index is 12.2. The van der Waals surface area contributed by atoms with Gasteiger partial charge in [-0.15, -0.1) is 0 Å². The van der Waals surface area contributed by atoms with E-state index in [2.05, 4.69) is 23.8 Å². The molecule has 1 fully saturated rings.